The van der Waals surface area contributed by atoms with Crippen LogP contribution in [0.3, 0.4) is 0 Å². The highest BCUT2D eigenvalue weighted by Crippen LogP contribution is 2.14. The molecule has 166 valence electrons. The van der Waals surface area contributed by atoms with Gasteiger partial charge in [-0.25, -0.2) is 4.99 Å². The van der Waals surface area contributed by atoms with Crippen molar-refractivity contribution in [2.75, 3.05) is 27.2 Å². The minimum absolute atomic E-state index is 0. The lowest BCUT2D eigenvalue weighted by atomic mass is 10.1. The summed E-state index contributed by atoms with van der Waals surface area (Å²) >= 11 is 0. The predicted octanol–water partition coefficient (Wildman–Crippen LogP) is 2.45. The monoisotopic (exact) mass is 526 g/mol. The Morgan fingerprint density at radius 2 is 1.90 bits per heavy atom. The number of rotatable bonds is 8. The molecule has 0 radical (unpaired) electrons. The Morgan fingerprint density at radius 1 is 1.23 bits per heavy atom. The zero-order valence-corrected chi connectivity index (χ0v) is 21.2. The zero-order chi connectivity index (χ0) is 21.4. The number of amides is 1. The molecule has 2 rings (SSSR count). The molecule has 0 saturated carbocycles. The number of halogens is 1. The van der Waals surface area contributed by atoms with E-state index >= 15 is 0 Å². The van der Waals surface area contributed by atoms with Crippen molar-refractivity contribution in [3.8, 4) is 0 Å². The van der Waals surface area contributed by atoms with Gasteiger partial charge in [0.15, 0.2) is 5.96 Å². The molecule has 30 heavy (non-hydrogen) atoms. The lowest BCUT2D eigenvalue weighted by Gasteiger charge is -2.19. The molecule has 0 bridgehead atoms. The molecule has 0 aliphatic heterocycles. The Bertz CT molecular complexity index is 832. The molecule has 7 nitrogen and oxygen atoms in total. The van der Waals surface area contributed by atoms with E-state index in [1.165, 1.54) is 16.8 Å². The Hall–Kier alpha value is -2.10. The van der Waals surface area contributed by atoms with Crippen molar-refractivity contribution in [3.05, 3.63) is 52.8 Å². The van der Waals surface area contributed by atoms with Gasteiger partial charge in [-0.1, -0.05) is 30.3 Å². The fraction of sp³-hybridized carbons (Fsp3) is 0.500. The summed E-state index contributed by atoms with van der Waals surface area (Å²) in [6, 6.07) is 10.5. The molecule has 2 N–H and O–H groups in total. The number of carbonyl (C=O) groups excluding carboxylic acids is 1. The first-order valence-electron chi connectivity index (χ1n) is 10.1. The number of hydrogen-bond acceptors (Lipinski definition) is 3. The number of nitrogens with zero attached hydrogens (tertiary/aromatic N) is 4. The number of carbonyl (C=O) groups is 1. The summed E-state index contributed by atoms with van der Waals surface area (Å²) in [6.07, 6.45) is 1.73. The molecule has 0 spiro atoms. The molecule has 1 aromatic heterocycles. The number of hydrogen-bond donors (Lipinski definition) is 2. The normalized spacial score (nSPS) is 12.1. The van der Waals surface area contributed by atoms with E-state index in [1.54, 1.807) is 19.0 Å². The zero-order valence-electron chi connectivity index (χ0n) is 18.9. The van der Waals surface area contributed by atoms with E-state index in [-0.39, 0.29) is 42.5 Å². The van der Waals surface area contributed by atoms with Crippen molar-refractivity contribution in [2.45, 2.75) is 39.7 Å². The number of aryl methyl sites for hydroxylation is 2. The Balaban J connectivity index is 0.00000450. The van der Waals surface area contributed by atoms with Crippen LogP contribution in [0.25, 0.3) is 0 Å². The van der Waals surface area contributed by atoms with E-state index in [0.717, 1.165) is 25.1 Å². The summed E-state index contributed by atoms with van der Waals surface area (Å²) in [5.74, 6) is 0.628. The number of nitrogens with one attached hydrogen (secondary N) is 2. The van der Waals surface area contributed by atoms with E-state index in [9.17, 15) is 4.79 Å². The summed E-state index contributed by atoms with van der Waals surface area (Å²) in [7, 11) is 5.45. The van der Waals surface area contributed by atoms with Crippen molar-refractivity contribution in [1.82, 2.24) is 25.3 Å². The molecule has 0 aliphatic rings. The smallest absolute Gasteiger partial charge is 0.243 e. The van der Waals surface area contributed by atoms with E-state index in [4.69, 9.17) is 0 Å². The molecule has 1 atom stereocenters. The highest BCUT2D eigenvalue weighted by Gasteiger charge is 2.14. The summed E-state index contributed by atoms with van der Waals surface area (Å²) in [6.45, 7) is 7.10. The minimum Gasteiger partial charge on any atom is -0.356 e. The van der Waals surface area contributed by atoms with Gasteiger partial charge in [0, 0.05) is 39.4 Å². The number of guanidine groups is 1. The van der Waals surface area contributed by atoms with Crippen molar-refractivity contribution < 1.29 is 4.79 Å². The summed E-state index contributed by atoms with van der Waals surface area (Å²) in [5.41, 5.74) is 4.74. The number of likely N-dealkylation sites (N-methyl/N-ethyl adjacent to an activating group) is 1. The highest BCUT2D eigenvalue weighted by atomic mass is 127. The maximum Gasteiger partial charge on any atom is 0.243 e. The van der Waals surface area contributed by atoms with Gasteiger partial charge in [-0.05, 0) is 44.7 Å². The largest absolute Gasteiger partial charge is 0.356 e. The molecular formula is C22H35IN6O. The third kappa shape index (κ3) is 7.97. The molecule has 1 unspecified atom stereocenters. The SMILES string of the molecule is Cc1nn(C)c(C)c1CC(C)NC(=NCC(=O)N(C)C)NCCc1ccccc1.I. The lowest BCUT2D eigenvalue weighted by molar-refractivity contribution is -0.127. The van der Waals surface area contributed by atoms with Crippen LogP contribution < -0.4 is 10.6 Å². The van der Waals surface area contributed by atoms with Gasteiger partial charge in [-0.2, -0.15) is 5.10 Å². The number of benzene rings is 1. The van der Waals surface area contributed by atoms with Crippen LogP contribution in [0.15, 0.2) is 35.3 Å². The van der Waals surface area contributed by atoms with Crippen LogP contribution in [0.4, 0.5) is 0 Å². The second kappa shape index (κ2) is 12.6. The van der Waals surface area contributed by atoms with Gasteiger partial charge in [0.2, 0.25) is 5.91 Å². The molecule has 1 aromatic carbocycles. The predicted molar refractivity (Wildman–Crippen MR) is 134 cm³/mol. The van der Waals surface area contributed by atoms with Crippen LogP contribution in [0, 0.1) is 13.8 Å². The number of aromatic nitrogens is 2. The first kappa shape index (κ1) is 25.9. The van der Waals surface area contributed by atoms with Crippen LogP contribution in [0.2, 0.25) is 0 Å². The molecule has 1 amide bonds. The average Bonchev–Trinajstić information content (AvgIpc) is 2.92. The average molecular weight is 526 g/mol. The second-order valence-electron chi connectivity index (χ2n) is 7.64. The van der Waals surface area contributed by atoms with Gasteiger partial charge >= 0.3 is 0 Å². The van der Waals surface area contributed by atoms with E-state index in [2.05, 4.69) is 46.7 Å². The van der Waals surface area contributed by atoms with Gasteiger partial charge < -0.3 is 15.5 Å². The first-order valence-corrected chi connectivity index (χ1v) is 10.1. The molecule has 8 heteroatoms. The van der Waals surface area contributed by atoms with Crippen molar-refractivity contribution in [2.24, 2.45) is 12.0 Å². The highest BCUT2D eigenvalue weighted by molar-refractivity contribution is 14.0. The van der Waals surface area contributed by atoms with Crippen LogP contribution in [0.5, 0.6) is 0 Å². The number of aliphatic imine (C=N–C) groups is 1. The van der Waals surface area contributed by atoms with Crippen LogP contribution in [-0.2, 0) is 24.7 Å². The fourth-order valence-corrected chi connectivity index (χ4v) is 3.11. The van der Waals surface area contributed by atoms with Gasteiger partial charge in [0.1, 0.15) is 6.54 Å². The molecule has 1 heterocycles. The lowest BCUT2D eigenvalue weighted by Crippen LogP contribution is -2.44. The summed E-state index contributed by atoms with van der Waals surface area (Å²) in [4.78, 5) is 18.0. The van der Waals surface area contributed by atoms with Crippen LogP contribution >= 0.6 is 24.0 Å². The topological polar surface area (TPSA) is 74.5 Å². The first-order chi connectivity index (χ1) is 13.8. The second-order valence-corrected chi connectivity index (χ2v) is 7.64. The Labute approximate surface area is 197 Å². The Morgan fingerprint density at radius 3 is 2.47 bits per heavy atom. The third-order valence-electron chi connectivity index (χ3n) is 4.97. The third-order valence-corrected chi connectivity index (χ3v) is 4.97. The van der Waals surface area contributed by atoms with E-state index < -0.39 is 0 Å². The van der Waals surface area contributed by atoms with Crippen molar-refractivity contribution in [3.63, 3.8) is 0 Å². The summed E-state index contributed by atoms with van der Waals surface area (Å²) in [5, 5.41) is 11.3. The molecule has 0 fully saturated rings. The van der Waals surface area contributed by atoms with Crippen LogP contribution in [-0.4, -0.2) is 59.8 Å². The molecule has 2 aromatic rings. The Kier molecular flexibility index (Phi) is 10.9. The van der Waals surface area contributed by atoms with Gasteiger partial charge in [0.25, 0.3) is 0 Å². The van der Waals surface area contributed by atoms with Crippen molar-refractivity contribution in [1.29, 1.82) is 0 Å². The minimum atomic E-state index is -0.0271. The van der Waals surface area contributed by atoms with Crippen molar-refractivity contribution >= 4 is 35.8 Å². The summed E-state index contributed by atoms with van der Waals surface area (Å²) < 4.78 is 1.92. The van der Waals surface area contributed by atoms with Gasteiger partial charge in [-0.15, -0.1) is 24.0 Å². The maximum absolute atomic E-state index is 12.0. The van der Waals surface area contributed by atoms with Gasteiger partial charge in [0.05, 0.1) is 5.69 Å². The molecule has 0 aliphatic carbocycles. The van der Waals surface area contributed by atoms with Crippen LogP contribution in [0.1, 0.15) is 29.4 Å². The maximum atomic E-state index is 12.0. The molecular weight excluding hydrogens is 491 g/mol. The van der Waals surface area contributed by atoms with E-state index in [1.807, 2.05) is 36.9 Å². The molecule has 0 saturated heterocycles. The van der Waals surface area contributed by atoms with E-state index in [0.29, 0.717) is 5.96 Å². The fourth-order valence-electron chi connectivity index (χ4n) is 3.11. The quantitative estimate of drug-likeness (QED) is 0.315. The van der Waals surface area contributed by atoms with Gasteiger partial charge in [-0.3, -0.25) is 9.48 Å². The standard InChI is InChI=1S/C22H34N6O.HI/c1-16(14-20-17(2)26-28(6)18(20)3)25-22(24-15-21(29)27(4)5)23-13-12-19-10-8-7-9-11-19;/h7-11,16H,12-15H2,1-6H3,(H2,23,24,25);1H.